The van der Waals surface area contributed by atoms with Crippen molar-refractivity contribution >= 4 is 35.6 Å². The summed E-state index contributed by atoms with van der Waals surface area (Å²) >= 11 is 0. The Kier molecular flexibility index (Phi) is 8.28. The summed E-state index contributed by atoms with van der Waals surface area (Å²) in [6, 6.07) is 10.7. The van der Waals surface area contributed by atoms with E-state index in [1.54, 1.807) is 12.1 Å². The number of anilines is 1. The van der Waals surface area contributed by atoms with Gasteiger partial charge in [0, 0.05) is 11.3 Å². The maximum Gasteiger partial charge on any atom is 0.387 e. The predicted octanol–water partition coefficient (Wildman–Crippen LogP) is 4.72. The lowest BCUT2D eigenvalue weighted by Gasteiger charge is -2.20. The van der Waals surface area contributed by atoms with Crippen molar-refractivity contribution in [2.45, 2.75) is 38.8 Å². The standard InChI is InChI=1S/C20H23F2N3O2.HI/c1-26-15-9-10-18(27-19(21)22)14(11-15)12-24-20(23)25-17-8-4-6-13-5-2-3-7-16(13)17;/h4,6,8-11,19H,2-3,5,7,12H2,1H3,(H3,23,24,25);1H. The third kappa shape index (κ3) is 5.70. The molecule has 0 radical (unpaired) electrons. The lowest BCUT2D eigenvalue weighted by atomic mass is 9.90. The summed E-state index contributed by atoms with van der Waals surface area (Å²) in [5.41, 5.74) is 10.0. The zero-order chi connectivity index (χ0) is 19.2. The first kappa shape index (κ1) is 22.2. The maximum atomic E-state index is 12.6. The molecule has 3 rings (SSSR count). The van der Waals surface area contributed by atoms with E-state index in [9.17, 15) is 8.78 Å². The minimum atomic E-state index is -2.91. The molecular formula is C20H24F2IN3O2. The number of methoxy groups -OCH3 is 1. The van der Waals surface area contributed by atoms with Gasteiger partial charge in [-0.05, 0) is 61.1 Å². The van der Waals surface area contributed by atoms with E-state index < -0.39 is 6.61 Å². The summed E-state index contributed by atoms with van der Waals surface area (Å²) in [5.74, 6) is 0.810. The van der Waals surface area contributed by atoms with Gasteiger partial charge in [0.1, 0.15) is 11.5 Å². The fourth-order valence-electron chi connectivity index (χ4n) is 3.26. The fraction of sp³-hybridized carbons (Fsp3) is 0.350. The molecule has 5 nitrogen and oxygen atoms in total. The summed E-state index contributed by atoms with van der Waals surface area (Å²) in [7, 11) is 1.50. The molecule has 0 heterocycles. The summed E-state index contributed by atoms with van der Waals surface area (Å²) < 4.78 is 34.9. The fourth-order valence-corrected chi connectivity index (χ4v) is 3.26. The molecule has 0 aromatic heterocycles. The molecule has 0 atom stereocenters. The minimum Gasteiger partial charge on any atom is -0.497 e. The molecule has 28 heavy (non-hydrogen) atoms. The number of fused-ring (bicyclic) bond motifs is 1. The van der Waals surface area contributed by atoms with Gasteiger partial charge in [-0.3, -0.25) is 0 Å². The zero-order valence-corrected chi connectivity index (χ0v) is 17.9. The Hall–Kier alpha value is -2.10. The number of rotatable bonds is 6. The van der Waals surface area contributed by atoms with E-state index in [1.165, 1.54) is 30.7 Å². The molecule has 152 valence electrons. The van der Waals surface area contributed by atoms with Crippen LogP contribution in [-0.2, 0) is 19.4 Å². The minimum absolute atomic E-state index is 0. The molecule has 3 N–H and O–H groups in total. The van der Waals surface area contributed by atoms with Crippen LogP contribution in [0.3, 0.4) is 0 Å². The van der Waals surface area contributed by atoms with Gasteiger partial charge in [0.2, 0.25) is 0 Å². The largest absolute Gasteiger partial charge is 0.497 e. The molecule has 8 heteroatoms. The smallest absolute Gasteiger partial charge is 0.387 e. The average molecular weight is 503 g/mol. The number of guanidine groups is 1. The predicted molar refractivity (Wildman–Crippen MR) is 117 cm³/mol. The van der Waals surface area contributed by atoms with Gasteiger partial charge in [0.25, 0.3) is 0 Å². The highest BCUT2D eigenvalue weighted by atomic mass is 127. The van der Waals surface area contributed by atoms with Crippen molar-refractivity contribution in [1.29, 1.82) is 0 Å². The zero-order valence-electron chi connectivity index (χ0n) is 15.6. The monoisotopic (exact) mass is 503 g/mol. The molecule has 0 bridgehead atoms. The topological polar surface area (TPSA) is 68.9 Å². The van der Waals surface area contributed by atoms with Crippen LogP contribution >= 0.6 is 24.0 Å². The van der Waals surface area contributed by atoms with Crippen molar-refractivity contribution in [2.75, 3.05) is 12.4 Å². The van der Waals surface area contributed by atoms with Crippen LogP contribution in [0.15, 0.2) is 41.4 Å². The van der Waals surface area contributed by atoms with E-state index in [-0.39, 0.29) is 42.2 Å². The van der Waals surface area contributed by atoms with Crippen LogP contribution in [-0.4, -0.2) is 19.7 Å². The Labute approximate surface area is 180 Å². The van der Waals surface area contributed by atoms with E-state index in [1.807, 2.05) is 12.1 Å². The van der Waals surface area contributed by atoms with Gasteiger partial charge in [0.15, 0.2) is 5.96 Å². The number of hydrogen-bond donors (Lipinski definition) is 2. The number of benzene rings is 2. The van der Waals surface area contributed by atoms with E-state index in [0.29, 0.717) is 11.3 Å². The number of alkyl halides is 2. The SMILES string of the molecule is COc1ccc(OC(F)F)c(CN=C(N)Nc2cccc3c2CCCC3)c1.I. The van der Waals surface area contributed by atoms with E-state index >= 15 is 0 Å². The lowest BCUT2D eigenvalue weighted by molar-refractivity contribution is -0.0504. The first-order valence-electron chi connectivity index (χ1n) is 8.86. The highest BCUT2D eigenvalue weighted by molar-refractivity contribution is 14.0. The van der Waals surface area contributed by atoms with Gasteiger partial charge in [-0.2, -0.15) is 8.78 Å². The summed E-state index contributed by atoms with van der Waals surface area (Å²) in [4.78, 5) is 4.28. The number of nitrogens with zero attached hydrogens (tertiary/aromatic N) is 1. The highest BCUT2D eigenvalue weighted by Gasteiger charge is 2.14. The summed E-state index contributed by atoms with van der Waals surface area (Å²) in [5, 5.41) is 3.14. The Morgan fingerprint density at radius 3 is 2.75 bits per heavy atom. The second-order valence-corrected chi connectivity index (χ2v) is 6.33. The summed E-state index contributed by atoms with van der Waals surface area (Å²) in [6.07, 6.45) is 4.43. The third-order valence-electron chi connectivity index (χ3n) is 4.56. The average Bonchev–Trinajstić information content (AvgIpc) is 2.67. The number of hydrogen-bond acceptors (Lipinski definition) is 3. The van der Waals surface area contributed by atoms with Crippen LogP contribution in [0, 0.1) is 0 Å². The molecule has 1 aliphatic rings. The van der Waals surface area contributed by atoms with Crippen molar-refractivity contribution in [2.24, 2.45) is 10.7 Å². The lowest BCUT2D eigenvalue weighted by Crippen LogP contribution is -2.24. The van der Waals surface area contributed by atoms with Crippen molar-refractivity contribution < 1.29 is 18.3 Å². The van der Waals surface area contributed by atoms with Crippen LogP contribution < -0.4 is 20.5 Å². The number of aryl methyl sites for hydroxylation is 1. The molecule has 0 fully saturated rings. The second-order valence-electron chi connectivity index (χ2n) is 6.33. The number of nitrogens with one attached hydrogen (secondary N) is 1. The Balaban J connectivity index is 0.00000280. The molecule has 0 saturated carbocycles. The van der Waals surface area contributed by atoms with Gasteiger partial charge in [-0.15, -0.1) is 24.0 Å². The number of halogens is 3. The van der Waals surface area contributed by atoms with E-state index in [4.69, 9.17) is 10.5 Å². The normalized spacial score (nSPS) is 13.5. The van der Waals surface area contributed by atoms with Crippen molar-refractivity contribution in [1.82, 2.24) is 0 Å². The Morgan fingerprint density at radius 2 is 2.00 bits per heavy atom. The first-order chi connectivity index (χ1) is 13.1. The highest BCUT2D eigenvalue weighted by Crippen LogP contribution is 2.28. The van der Waals surface area contributed by atoms with Gasteiger partial charge in [0.05, 0.1) is 13.7 Å². The maximum absolute atomic E-state index is 12.6. The summed E-state index contributed by atoms with van der Waals surface area (Å²) in [6.45, 7) is -2.82. The van der Waals surface area contributed by atoms with Crippen LogP contribution in [0.1, 0.15) is 29.5 Å². The molecule has 0 amide bonds. The Bertz CT molecular complexity index is 831. The van der Waals surface area contributed by atoms with Gasteiger partial charge < -0.3 is 20.5 Å². The van der Waals surface area contributed by atoms with E-state index in [0.717, 1.165) is 24.9 Å². The molecule has 2 aromatic rings. The van der Waals surface area contributed by atoms with Crippen LogP contribution in [0.25, 0.3) is 0 Å². The molecule has 0 aliphatic heterocycles. The number of nitrogens with two attached hydrogens (primary N) is 1. The first-order valence-corrected chi connectivity index (χ1v) is 8.86. The molecular weight excluding hydrogens is 479 g/mol. The van der Waals surface area contributed by atoms with Crippen LogP contribution in [0.2, 0.25) is 0 Å². The van der Waals surface area contributed by atoms with Crippen molar-refractivity contribution in [3.05, 3.63) is 53.1 Å². The van der Waals surface area contributed by atoms with Crippen LogP contribution in [0.4, 0.5) is 14.5 Å². The number of aliphatic imine (C=N–C) groups is 1. The molecule has 1 aliphatic carbocycles. The van der Waals surface area contributed by atoms with Crippen molar-refractivity contribution in [3.8, 4) is 11.5 Å². The second kappa shape index (κ2) is 10.4. The quantitative estimate of drug-likeness (QED) is 0.340. The van der Waals surface area contributed by atoms with Crippen molar-refractivity contribution in [3.63, 3.8) is 0 Å². The molecule has 0 unspecified atom stereocenters. The third-order valence-corrected chi connectivity index (χ3v) is 4.56. The molecule has 0 saturated heterocycles. The van der Waals surface area contributed by atoms with Gasteiger partial charge >= 0.3 is 6.61 Å². The van der Waals surface area contributed by atoms with Crippen LogP contribution in [0.5, 0.6) is 11.5 Å². The number of ether oxygens (including phenoxy) is 2. The van der Waals surface area contributed by atoms with Gasteiger partial charge in [-0.25, -0.2) is 4.99 Å². The molecule has 0 spiro atoms. The molecule has 2 aromatic carbocycles. The van der Waals surface area contributed by atoms with E-state index in [2.05, 4.69) is 21.1 Å². The van der Waals surface area contributed by atoms with Gasteiger partial charge in [-0.1, -0.05) is 12.1 Å². The Morgan fingerprint density at radius 1 is 1.21 bits per heavy atom.